The van der Waals surface area contributed by atoms with Gasteiger partial charge in [0.2, 0.25) is 0 Å². The third-order valence-corrected chi connectivity index (χ3v) is 9.08. The fraction of sp³-hybridized carbons (Fsp3) is 0.348. The topological polar surface area (TPSA) is 0 Å². The number of hydrogen-bond donors (Lipinski definition) is 0. The minimum absolute atomic E-state index is 0.468. The third kappa shape index (κ3) is 6.41. The molecule has 0 amide bonds. The summed E-state index contributed by atoms with van der Waals surface area (Å²) in [6, 6.07) is 21.1. The zero-order valence-electron chi connectivity index (χ0n) is 15.4. The van der Waals surface area contributed by atoms with Crippen LogP contribution in [0.5, 0.6) is 0 Å². The van der Waals surface area contributed by atoms with Crippen LogP contribution >= 0.6 is 57.4 Å². The zero-order chi connectivity index (χ0) is 18.9. The Balaban J connectivity index is 2.49. The van der Waals surface area contributed by atoms with E-state index in [0.29, 0.717) is 13.8 Å². The molecule has 2 aromatic rings. The summed E-state index contributed by atoms with van der Waals surface area (Å²) in [6.45, 7) is 4.57. The van der Waals surface area contributed by atoms with Gasteiger partial charge in [-0.05, 0) is 35.1 Å². The fourth-order valence-corrected chi connectivity index (χ4v) is 4.65. The maximum absolute atomic E-state index is 6.00. The van der Waals surface area contributed by atoms with Gasteiger partial charge in [0, 0.05) is 12.7 Å². The number of thiocarbonyl (C=S) groups is 1. The van der Waals surface area contributed by atoms with Crippen LogP contribution in [0.4, 0.5) is 0 Å². The smallest absolute Gasteiger partial charge is 0.0484 e. The quantitative estimate of drug-likeness (QED) is 0.0944. The molecule has 3 unspecified atom stereocenters. The van der Waals surface area contributed by atoms with E-state index in [1.54, 1.807) is 0 Å². The lowest BCUT2D eigenvalue weighted by Crippen LogP contribution is -2.27. The van der Waals surface area contributed by atoms with Gasteiger partial charge >= 0.3 is 0 Å². The predicted molar refractivity (Wildman–Crippen MR) is 137 cm³/mol. The Bertz CT molecular complexity index is 708. The third-order valence-electron chi connectivity index (χ3n) is 4.51. The van der Waals surface area contributed by atoms with Gasteiger partial charge in [-0.2, -0.15) is 0 Å². The van der Waals surface area contributed by atoms with E-state index < -0.39 is 0 Å². The van der Waals surface area contributed by atoms with Gasteiger partial charge in [-0.15, -0.1) is 0 Å². The van der Waals surface area contributed by atoms with Crippen LogP contribution in [0.2, 0.25) is 0 Å². The number of alkyl halides is 2. The first kappa shape index (κ1) is 22.0. The molecule has 2 aromatic carbocycles. The standard InChI is InChI=1S/C23H26I2S/c1-3-4-15-20(22(25)17(2)24)21(16-18-11-7-5-8-12-18)23(26)19-13-9-6-10-14-19/h5-14,16-17,20,22H,3-4,15H2,1-2H3. The van der Waals surface area contributed by atoms with Crippen LogP contribution in [-0.2, 0) is 0 Å². The Morgan fingerprint density at radius 3 is 2.12 bits per heavy atom. The number of rotatable bonds is 9. The summed E-state index contributed by atoms with van der Waals surface area (Å²) >= 11 is 11.2. The highest BCUT2D eigenvalue weighted by Crippen LogP contribution is 2.35. The monoisotopic (exact) mass is 588 g/mol. The fourth-order valence-electron chi connectivity index (χ4n) is 3.06. The second-order valence-corrected chi connectivity index (χ2v) is 10.4. The maximum atomic E-state index is 6.00. The molecule has 26 heavy (non-hydrogen) atoms. The molecule has 138 valence electrons. The Morgan fingerprint density at radius 2 is 1.58 bits per heavy atom. The molecule has 0 saturated carbocycles. The average Bonchev–Trinajstić information content (AvgIpc) is 2.68. The van der Waals surface area contributed by atoms with Crippen molar-refractivity contribution in [3.8, 4) is 0 Å². The molecule has 0 spiro atoms. The second-order valence-electron chi connectivity index (χ2n) is 6.58. The summed E-state index contributed by atoms with van der Waals surface area (Å²) in [6.07, 6.45) is 5.95. The van der Waals surface area contributed by atoms with E-state index in [2.05, 4.69) is 126 Å². The number of unbranched alkanes of at least 4 members (excludes halogenated alkanes) is 1. The van der Waals surface area contributed by atoms with Crippen LogP contribution < -0.4 is 0 Å². The van der Waals surface area contributed by atoms with Crippen molar-refractivity contribution in [2.75, 3.05) is 0 Å². The summed E-state index contributed by atoms with van der Waals surface area (Å²) < 4.78 is 1.14. The molecule has 0 aliphatic heterocycles. The molecule has 0 fully saturated rings. The molecule has 3 heteroatoms. The highest BCUT2D eigenvalue weighted by Gasteiger charge is 2.28. The predicted octanol–water partition coefficient (Wildman–Crippen LogP) is 7.92. The molecule has 0 aliphatic carbocycles. The number of benzene rings is 2. The Hall–Kier alpha value is -0.270. The first-order valence-electron chi connectivity index (χ1n) is 9.19. The van der Waals surface area contributed by atoms with Crippen molar-refractivity contribution < 1.29 is 0 Å². The summed E-state index contributed by atoms with van der Waals surface area (Å²) in [5, 5.41) is 0. The van der Waals surface area contributed by atoms with E-state index in [-0.39, 0.29) is 0 Å². The van der Waals surface area contributed by atoms with E-state index in [4.69, 9.17) is 12.2 Å². The van der Waals surface area contributed by atoms with E-state index in [1.807, 2.05) is 0 Å². The van der Waals surface area contributed by atoms with Gasteiger partial charge in [-0.3, -0.25) is 0 Å². The maximum Gasteiger partial charge on any atom is 0.0484 e. The first-order valence-corrected chi connectivity index (χ1v) is 12.1. The minimum atomic E-state index is 0.468. The molecule has 0 radical (unpaired) electrons. The molecular weight excluding hydrogens is 562 g/mol. The second kappa shape index (κ2) is 11.5. The molecule has 0 bridgehead atoms. The molecule has 0 N–H and O–H groups in total. The molecular formula is C23H26I2S. The largest absolute Gasteiger partial charge is 0.0818 e. The Morgan fingerprint density at radius 1 is 1.00 bits per heavy atom. The Kier molecular flexibility index (Phi) is 9.78. The number of halogens is 2. The number of hydrogen-bond acceptors (Lipinski definition) is 1. The van der Waals surface area contributed by atoms with Crippen LogP contribution in [0.25, 0.3) is 6.08 Å². The van der Waals surface area contributed by atoms with Crippen LogP contribution in [0.15, 0.2) is 66.2 Å². The van der Waals surface area contributed by atoms with E-state index >= 15 is 0 Å². The minimum Gasteiger partial charge on any atom is -0.0818 e. The van der Waals surface area contributed by atoms with Gasteiger partial charge in [0.25, 0.3) is 0 Å². The molecule has 2 rings (SSSR count). The molecule has 3 atom stereocenters. The molecule has 0 saturated heterocycles. The lowest BCUT2D eigenvalue weighted by atomic mass is 9.84. The average molecular weight is 588 g/mol. The van der Waals surface area contributed by atoms with Crippen molar-refractivity contribution in [2.24, 2.45) is 5.92 Å². The highest BCUT2D eigenvalue weighted by atomic mass is 127. The normalized spacial score (nSPS) is 15.3. The lowest BCUT2D eigenvalue weighted by Gasteiger charge is -2.28. The molecule has 0 aromatic heterocycles. The van der Waals surface area contributed by atoms with Crippen molar-refractivity contribution >= 4 is 68.3 Å². The van der Waals surface area contributed by atoms with Gasteiger partial charge in [0.1, 0.15) is 0 Å². The van der Waals surface area contributed by atoms with Gasteiger partial charge in [0.05, 0.1) is 0 Å². The van der Waals surface area contributed by atoms with E-state index in [9.17, 15) is 0 Å². The van der Waals surface area contributed by atoms with E-state index in [0.717, 1.165) is 10.4 Å². The van der Waals surface area contributed by atoms with Crippen LogP contribution in [0, 0.1) is 5.92 Å². The van der Waals surface area contributed by atoms with Crippen molar-refractivity contribution in [2.45, 2.75) is 41.0 Å². The van der Waals surface area contributed by atoms with Crippen molar-refractivity contribution in [3.05, 3.63) is 77.4 Å². The van der Waals surface area contributed by atoms with Crippen LogP contribution in [0.3, 0.4) is 0 Å². The number of allylic oxidation sites excluding steroid dienone is 1. The lowest BCUT2D eigenvalue weighted by molar-refractivity contribution is 0.537. The SMILES string of the molecule is CCCCC(C(=Cc1ccccc1)C(=S)c1ccccc1)C(I)C(C)I. The van der Waals surface area contributed by atoms with Crippen molar-refractivity contribution in [1.29, 1.82) is 0 Å². The van der Waals surface area contributed by atoms with Crippen LogP contribution in [-0.4, -0.2) is 12.7 Å². The van der Waals surface area contributed by atoms with Gasteiger partial charge in [0.15, 0.2) is 0 Å². The summed E-state index contributed by atoms with van der Waals surface area (Å²) in [5.41, 5.74) is 3.69. The van der Waals surface area contributed by atoms with Gasteiger partial charge in [-0.1, -0.05) is 145 Å². The van der Waals surface area contributed by atoms with E-state index in [1.165, 1.54) is 30.4 Å². The molecule has 0 nitrogen and oxygen atoms in total. The zero-order valence-corrected chi connectivity index (χ0v) is 20.5. The van der Waals surface area contributed by atoms with Crippen LogP contribution in [0.1, 0.15) is 44.2 Å². The van der Waals surface area contributed by atoms with Crippen molar-refractivity contribution in [1.82, 2.24) is 0 Å². The van der Waals surface area contributed by atoms with Gasteiger partial charge < -0.3 is 0 Å². The highest BCUT2D eigenvalue weighted by molar-refractivity contribution is 14.1. The van der Waals surface area contributed by atoms with Crippen molar-refractivity contribution in [3.63, 3.8) is 0 Å². The Labute approximate surface area is 191 Å². The summed E-state index contributed by atoms with van der Waals surface area (Å²) in [4.78, 5) is 0.995. The summed E-state index contributed by atoms with van der Waals surface area (Å²) in [7, 11) is 0. The summed E-state index contributed by atoms with van der Waals surface area (Å²) in [5.74, 6) is 0.468. The molecule has 0 heterocycles. The molecule has 0 aliphatic rings. The first-order chi connectivity index (χ1) is 12.5. The van der Waals surface area contributed by atoms with Gasteiger partial charge in [-0.25, -0.2) is 0 Å².